The van der Waals surface area contributed by atoms with Crippen molar-refractivity contribution in [2.75, 3.05) is 5.88 Å². The van der Waals surface area contributed by atoms with Crippen molar-refractivity contribution in [2.45, 2.75) is 6.42 Å². The van der Waals surface area contributed by atoms with Gasteiger partial charge in [-0.15, -0.1) is 11.6 Å². The first kappa shape index (κ1) is 10.2. The van der Waals surface area contributed by atoms with Gasteiger partial charge in [-0.2, -0.15) is 0 Å². The van der Waals surface area contributed by atoms with Gasteiger partial charge < -0.3 is 0 Å². The van der Waals surface area contributed by atoms with Crippen molar-refractivity contribution >= 4 is 28.6 Å². The van der Waals surface area contributed by atoms with Gasteiger partial charge in [0.25, 0.3) is 0 Å². The van der Waals surface area contributed by atoms with E-state index in [2.05, 4.69) is 35.3 Å². The summed E-state index contributed by atoms with van der Waals surface area (Å²) in [5.74, 6) is 0.672. The third-order valence-electron chi connectivity index (χ3n) is 2.21. The fraction of sp³-hybridized carbons (Fsp3) is 0.154. The molecule has 0 saturated heterocycles. The van der Waals surface area contributed by atoms with E-state index in [-0.39, 0.29) is 0 Å². The number of pyridine rings is 1. The summed E-state index contributed by atoms with van der Waals surface area (Å²) in [4.78, 5) is 4.27. The zero-order valence-electron chi connectivity index (χ0n) is 8.36. The van der Waals surface area contributed by atoms with Crippen LogP contribution in [0.25, 0.3) is 17.0 Å². The summed E-state index contributed by atoms with van der Waals surface area (Å²) in [6, 6.07) is 10.3. The molecule has 0 atom stereocenters. The summed E-state index contributed by atoms with van der Waals surface area (Å²) in [7, 11) is 0. The van der Waals surface area contributed by atoms with Crippen molar-refractivity contribution in [1.82, 2.24) is 4.98 Å². The molecule has 15 heavy (non-hydrogen) atoms. The average molecular weight is 218 g/mol. The number of nitrogens with zero attached hydrogens (tertiary/aromatic N) is 1. The maximum Gasteiger partial charge on any atom is 0.0702 e. The molecule has 0 unspecified atom stereocenters. The Hall–Kier alpha value is -1.34. The topological polar surface area (TPSA) is 12.9 Å². The van der Waals surface area contributed by atoms with Gasteiger partial charge in [-0.25, -0.2) is 0 Å². The summed E-state index contributed by atoms with van der Waals surface area (Å²) in [6.45, 7) is 0. The fourth-order valence-electron chi connectivity index (χ4n) is 1.48. The van der Waals surface area contributed by atoms with Gasteiger partial charge in [-0.1, -0.05) is 24.3 Å². The Bertz CT molecular complexity index is 477. The zero-order chi connectivity index (χ0) is 10.5. The molecule has 0 saturated carbocycles. The monoisotopic (exact) mass is 217 g/mol. The highest BCUT2D eigenvalue weighted by molar-refractivity contribution is 6.17. The fourth-order valence-corrected chi connectivity index (χ4v) is 1.61. The Labute approximate surface area is 94.4 Å². The second-order valence-corrected chi connectivity index (χ2v) is 3.71. The molecule has 2 aromatic rings. The number of benzene rings is 1. The molecule has 1 heterocycles. The number of aromatic nitrogens is 1. The molecule has 0 aliphatic rings. The first-order valence-corrected chi connectivity index (χ1v) is 5.51. The van der Waals surface area contributed by atoms with Gasteiger partial charge in [0.1, 0.15) is 0 Å². The van der Waals surface area contributed by atoms with Crippen LogP contribution in [-0.2, 0) is 0 Å². The highest BCUT2D eigenvalue weighted by Gasteiger charge is 1.93. The zero-order valence-corrected chi connectivity index (χ0v) is 9.11. The molecule has 1 aromatic heterocycles. The van der Waals surface area contributed by atoms with E-state index in [0.717, 1.165) is 11.9 Å². The van der Waals surface area contributed by atoms with Gasteiger partial charge in [0, 0.05) is 17.5 Å². The number of hydrogen-bond acceptors (Lipinski definition) is 1. The van der Waals surface area contributed by atoms with Gasteiger partial charge in [0.15, 0.2) is 0 Å². The van der Waals surface area contributed by atoms with Crippen LogP contribution < -0.4 is 0 Å². The van der Waals surface area contributed by atoms with Crippen LogP contribution in [0.3, 0.4) is 0 Å². The molecule has 1 nitrogen and oxygen atoms in total. The normalized spacial score (nSPS) is 11.3. The number of allylic oxidation sites excluding steroid dienone is 1. The molecule has 2 heteroatoms. The van der Waals surface area contributed by atoms with E-state index < -0.39 is 0 Å². The SMILES string of the molecule is ClCCC=Cc1ccc2ncccc2c1. The molecule has 0 aliphatic heterocycles. The van der Waals surface area contributed by atoms with E-state index >= 15 is 0 Å². The lowest BCUT2D eigenvalue weighted by Crippen LogP contribution is -1.78. The van der Waals surface area contributed by atoms with E-state index in [1.54, 1.807) is 0 Å². The highest BCUT2D eigenvalue weighted by Crippen LogP contribution is 2.14. The largest absolute Gasteiger partial charge is 0.256 e. The average Bonchev–Trinajstić information content (AvgIpc) is 2.29. The van der Waals surface area contributed by atoms with Crippen LogP contribution in [0.15, 0.2) is 42.6 Å². The summed E-state index contributed by atoms with van der Waals surface area (Å²) in [6.07, 6.45) is 6.90. The molecule has 0 amide bonds. The standard InChI is InChI=1S/C13H12ClN/c14-8-2-1-4-11-6-7-13-12(10-11)5-3-9-15-13/h1,3-7,9-10H,2,8H2. The quantitative estimate of drug-likeness (QED) is 0.712. The minimum Gasteiger partial charge on any atom is -0.256 e. The Morgan fingerprint density at radius 1 is 1.27 bits per heavy atom. The van der Waals surface area contributed by atoms with Crippen molar-refractivity contribution < 1.29 is 0 Å². The smallest absolute Gasteiger partial charge is 0.0702 e. The van der Waals surface area contributed by atoms with Crippen molar-refractivity contribution in [3.63, 3.8) is 0 Å². The van der Waals surface area contributed by atoms with Crippen LogP contribution in [0.5, 0.6) is 0 Å². The predicted molar refractivity (Wildman–Crippen MR) is 66.1 cm³/mol. The van der Waals surface area contributed by atoms with Gasteiger partial charge in [0.2, 0.25) is 0 Å². The molecule has 0 spiro atoms. The van der Waals surface area contributed by atoms with E-state index in [0.29, 0.717) is 5.88 Å². The van der Waals surface area contributed by atoms with Gasteiger partial charge in [-0.3, -0.25) is 4.98 Å². The number of rotatable bonds is 3. The molecular formula is C13H12ClN. The molecule has 0 fully saturated rings. The number of alkyl halides is 1. The summed E-state index contributed by atoms with van der Waals surface area (Å²) < 4.78 is 0. The van der Waals surface area contributed by atoms with Crippen molar-refractivity contribution in [1.29, 1.82) is 0 Å². The van der Waals surface area contributed by atoms with E-state index in [4.69, 9.17) is 11.6 Å². The van der Waals surface area contributed by atoms with Gasteiger partial charge in [0.05, 0.1) is 5.52 Å². The molecular weight excluding hydrogens is 206 g/mol. The maximum atomic E-state index is 5.60. The van der Waals surface area contributed by atoms with Crippen LogP contribution in [0.4, 0.5) is 0 Å². The van der Waals surface area contributed by atoms with Crippen LogP contribution in [0.2, 0.25) is 0 Å². The van der Waals surface area contributed by atoms with E-state index in [1.807, 2.05) is 18.3 Å². The van der Waals surface area contributed by atoms with E-state index in [9.17, 15) is 0 Å². The van der Waals surface area contributed by atoms with Crippen molar-refractivity contribution in [2.24, 2.45) is 0 Å². The van der Waals surface area contributed by atoms with Gasteiger partial charge in [-0.05, 0) is 30.2 Å². The van der Waals surface area contributed by atoms with Crippen LogP contribution in [0, 0.1) is 0 Å². The number of halogens is 1. The second-order valence-electron chi connectivity index (χ2n) is 3.34. The molecule has 0 bridgehead atoms. The molecule has 2 rings (SSSR count). The Kier molecular flexibility index (Phi) is 3.36. The Balaban J connectivity index is 2.30. The molecule has 0 N–H and O–H groups in total. The predicted octanol–water partition coefficient (Wildman–Crippen LogP) is 3.88. The summed E-state index contributed by atoms with van der Waals surface area (Å²) >= 11 is 5.60. The van der Waals surface area contributed by atoms with Crippen LogP contribution >= 0.6 is 11.6 Å². The molecule has 0 aliphatic carbocycles. The van der Waals surface area contributed by atoms with Crippen LogP contribution in [-0.4, -0.2) is 10.9 Å². The minimum atomic E-state index is 0.672. The molecule has 0 radical (unpaired) electrons. The first-order chi connectivity index (χ1) is 7.40. The van der Waals surface area contributed by atoms with Crippen molar-refractivity contribution in [3.8, 4) is 0 Å². The summed E-state index contributed by atoms with van der Waals surface area (Å²) in [5.41, 5.74) is 2.23. The lowest BCUT2D eigenvalue weighted by molar-refractivity contribution is 1.24. The van der Waals surface area contributed by atoms with Crippen molar-refractivity contribution in [3.05, 3.63) is 48.2 Å². The lowest BCUT2D eigenvalue weighted by Gasteiger charge is -1.97. The number of hydrogen-bond donors (Lipinski definition) is 0. The molecule has 1 aromatic carbocycles. The van der Waals surface area contributed by atoms with E-state index in [1.165, 1.54) is 10.9 Å². The first-order valence-electron chi connectivity index (χ1n) is 4.97. The Morgan fingerprint density at radius 2 is 2.20 bits per heavy atom. The second kappa shape index (κ2) is 4.94. The minimum absolute atomic E-state index is 0.672. The number of fused-ring (bicyclic) bond motifs is 1. The third-order valence-corrected chi connectivity index (χ3v) is 2.43. The maximum absolute atomic E-state index is 5.60. The Morgan fingerprint density at radius 3 is 3.07 bits per heavy atom. The molecule has 76 valence electrons. The lowest BCUT2D eigenvalue weighted by atomic mass is 10.1. The summed E-state index contributed by atoms with van der Waals surface area (Å²) in [5, 5.41) is 1.17. The third kappa shape index (κ3) is 2.57. The highest BCUT2D eigenvalue weighted by atomic mass is 35.5. The van der Waals surface area contributed by atoms with Crippen LogP contribution in [0.1, 0.15) is 12.0 Å². The van der Waals surface area contributed by atoms with Gasteiger partial charge >= 0.3 is 0 Å².